The molecule has 9 atom stereocenters. The van der Waals surface area contributed by atoms with Crippen LogP contribution in [0.4, 0.5) is 0 Å². The van der Waals surface area contributed by atoms with Crippen molar-refractivity contribution in [1.29, 1.82) is 0 Å². The summed E-state index contributed by atoms with van der Waals surface area (Å²) in [6.07, 6.45) is 2.38. The third-order valence-corrected chi connectivity index (χ3v) is 11.3. The van der Waals surface area contributed by atoms with Crippen LogP contribution in [0.5, 0.6) is 0 Å². The zero-order chi connectivity index (χ0) is 34.1. The van der Waals surface area contributed by atoms with Gasteiger partial charge in [-0.05, 0) is 49.5 Å². The third-order valence-electron chi connectivity index (χ3n) is 11.3. The van der Waals surface area contributed by atoms with Gasteiger partial charge in [0.05, 0.1) is 30.6 Å². The number of ether oxygens (including phenoxy) is 5. The molecule has 1 unspecified atom stereocenters. The number of epoxide rings is 1. The molecule has 3 fully saturated rings. The first-order valence-corrected chi connectivity index (χ1v) is 15.9. The molecule has 3 aliphatic heterocycles. The lowest BCUT2D eigenvalue weighted by Gasteiger charge is -2.58. The first kappa shape index (κ1) is 32.7. The van der Waals surface area contributed by atoms with Crippen LogP contribution in [-0.4, -0.2) is 73.0 Å². The van der Waals surface area contributed by atoms with Gasteiger partial charge in [-0.15, -0.1) is 0 Å². The predicted octanol–water partition coefficient (Wildman–Crippen LogP) is 3.63. The van der Waals surface area contributed by atoms with E-state index >= 15 is 0 Å². The van der Waals surface area contributed by atoms with Crippen molar-refractivity contribution in [1.82, 2.24) is 5.32 Å². The minimum atomic E-state index is -1.19. The zero-order valence-electron chi connectivity index (χ0n) is 27.5. The molecular formula is C36H41NO10. The van der Waals surface area contributed by atoms with Crippen LogP contribution in [0.25, 0.3) is 0 Å². The fourth-order valence-electron chi connectivity index (χ4n) is 9.31. The van der Waals surface area contributed by atoms with Crippen LogP contribution >= 0.6 is 0 Å². The van der Waals surface area contributed by atoms with E-state index in [2.05, 4.69) is 11.9 Å². The number of carbonyl (C=O) groups excluding carboxylic acids is 5. The highest BCUT2D eigenvalue weighted by atomic mass is 16.6. The lowest BCUT2D eigenvalue weighted by Crippen LogP contribution is -2.67. The van der Waals surface area contributed by atoms with Crippen LogP contribution < -0.4 is 5.32 Å². The van der Waals surface area contributed by atoms with E-state index in [1.165, 1.54) is 20.1 Å². The van der Waals surface area contributed by atoms with Gasteiger partial charge in [-0.25, -0.2) is 9.59 Å². The number of hydrogen-bond donors (Lipinski definition) is 1. The van der Waals surface area contributed by atoms with E-state index < -0.39 is 70.0 Å². The Morgan fingerprint density at radius 1 is 1.06 bits per heavy atom. The largest absolute Gasteiger partial charge is 0.469 e. The topological polar surface area (TPSA) is 147 Å². The molecule has 5 aliphatic rings. The van der Waals surface area contributed by atoms with Gasteiger partial charge in [-0.1, -0.05) is 44.7 Å². The highest BCUT2D eigenvalue weighted by molar-refractivity contribution is 5.91. The van der Waals surface area contributed by atoms with E-state index in [1.807, 2.05) is 13.8 Å². The van der Waals surface area contributed by atoms with Gasteiger partial charge in [0.1, 0.15) is 23.4 Å². The maximum Gasteiger partial charge on any atom is 0.338 e. The van der Waals surface area contributed by atoms with Crippen LogP contribution in [0.1, 0.15) is 57.8 Å². The minimum absolute atomic E-state index is 0.138. The molecule has 2 aliphatic carbocycles. The molecule has 1 saturated heterocycles. The van der Waals surface area contributed by atoms with Crippen molar-refractivity contribution in [2.24, 2.45) is 28.6 Å². The number of esters is 4. The summed E-state index contributed by atoms with van der Waals surface area (Å²) in [6, 6.07) is 8.51. The molecule has 47 heavy (non-hydrogen) atoms. The molecule has 1 N–H and O–H groups in total. The van der Waals surface area contributed by atoms with E-state index in [-0.39, 0.29) is 24.3 Å². The van der Waals surface area contributed by atoms with Gasteiger partial charge in [0.15, 0.2) is 0 Å². The number of allylic oxidation sites excluding steroid dienone is 1. The van der Waals surface area contributed by atoms with Crippen molar-refractivity contribution < 1.29 is 47.7 Å². The average molecular weight is 648 g/mol. The van der Waals surface area contributed by atoms with Gasteiger partial charge in [0.25, 0.3) is 0 Å². The molecule has 11 heteroatoms. The average Bonchev–Trinajstić information content (AvgIpc) is 3.52. The summed E-state index contributed by atoms with van der Waals surface area (Å²) in [7, 11) is 1.29. The second kappa shape index (κ2) is 11.2. The Hall–Kier alpha value is -4.25. The molecule has 250 valence electrons. The number of benzene rings is 1. The Balaban J connectivity index is 1.57. The fourth-order valence-corrected chi connectivity index (χ4v) is 9.31. The number of carbonyl (C=O) groups is 5. The van der Waals surface area contributed by atoms with Crippen molar-refractivity contribution in [3.05, 3.63) is 71.8 Å². The van der Waals surface area contributed by atoms with E-state index in [1.54, 1.807) is 56.3 Å². The summed E-state index contributed by atoms with van der Waals surface area (Å²) in [4.78, 5) is 65.2. The van der Waals surface area contributed by atoms with Gasteiger partial charge < -0.3 is 29.0 Å². The molecule has 0 aromatic heterocycles. The fraction of sp³-hybridized carbons (Fsp3) is 0.528. The Kier molecular flexibility index (Phi) is 7.77. The number of nitrogens with one attached hydrogen (secondary N) is 1. The van der Waals surface area contributed by atoms with Gasteiger partial charge >= 0.3 is 23.9 Å². The van der Waals surface area contributed by atoms with Crippen molar-refractivity contribution in [3.63, 3.8) is 0 Å². The van der Waals surface area contributed by atoms with Crippen molar-refractivity contribution in [2.75, 3.05) is 13.7 Å². The molecular weight excluding hydrogens is 606 g/mol. The van der Waals surface area contributed by atoms with Gasteiger partial charge in [-0.2, -0.15) is 0 Å². The monoisotopic (exact) mass is 647 g/mol. The summed E-state index contributed by atoms with van der Waals surface area (Å²) in [5, 5.41) is 2.85. The van der Waals surface area contributed by atoms with Crippen molar-refractivity contribution in [2.45, 2.75) is 77.0 Å². The Morgan fingerprint density at radius 3 is 2.38 bits per heavy atom. The van der Waals surface area contributed by atoms with E-state index in [0.29, 0.717) is 24.1 Å². The molecule has 0 radical (unpaired) electrons. The molecule has 6 rings (SSSR count). The maximum atomic E-state index is 13.9. The molecule has 1 spiro atoms. The van der Waals surface area contributed by atoms with Gasteiger partial charge in [-0.3, -0.25) is 14.4 Å². The molecule has 1 aromatic rings. The van der Waals surface area contributed by atoms with E-state index in [9.17, 15) is 24.0 Å². The zero-order valence-corrected chi connectivity index (χ0v) is 27.5. The summed E-state index contributed by atoms with van der Waals surface area (Å²) >= 11 is 0. The lowest BCUT2D eigenvalue weighted by molar-refractivity contribution is -0.197. The lowest BCUT2D eigenvalue weighted by atomic mass is 9.48. The van der Waals surface area contributed by atoms with Gasteiger partial charge in [0, 0.05) is 42.9 Å². The van der Waals surface area contributed by atoms with Crippen LogP contribution in [-0.2, 0) is 42.9 Å². The normalized spacial score (nSPS) is 38.2. The number of methoxy groups -OCH3 is 1. The SMILES string of the molecule is C=C1C([C@@]2(C)C=CC(=O)OC(C)(C)[C@@H]2CC(=O)OC)[C@@H](OC(C)=O)[C@H](OC(=O)c2ccccc2)[C@@]2(C)[C@H](C3=CC(=O)NC3)C[C@H]3O[C@]132. The van der Waals surface area contributed by atoms with Crippen molar-refractivity contribution >= 4 is 29.8 Å². The van der Waals surface area contributed by atoms with Crippen LogP contribution in [0.2, 0.25) is 0 Å². The summed E-state index contributed by atoms with van der Waals surface area (Å²) in [6.45, 7) is 13.5. The Bertz CT molecular complexity index is 1610. The second-order valence-corrected chi connectivity index (χ2v) is 14.2. The summed E-state index contributed by atoms with van der Waals surface area (Å²) < 4.78 is 30.2. The van der Waals surface area contributed by atoms with E-state index in [4.69, 9.17) is 23.7 Å². The molecule has 2 saturated carbocycles. The second-order valence-electron chi connectivity index (χ2n) is 14.2. The van der Waals surface area contributed by atoms with E-state index in [0.717, 1.165) is 5.57 Å². The molecule has 11 nitrogen and oxygen atoms in total. The smallest absolute Gasteiger partial charge is 0.338 e. The molecule has 1 amide bonds. The first-order valence-electron chi connectivity index (χ1n) is 15.9. The quantitative estimate of drug-likeness (QED) is 0.201. The van der Waals surface area contributed by atoms with Crippen LogP contribution in [0, 0.1) is 28.6 Å². The summed E-state index contributed by atoms with van der Waals surface area (Å²) in [5.41, 5.74) is -2.67. The number of rotatable bonds is 7. The number of hydrogen-bond acceptors (Lipinski definition) is 10. The molecule has 0 bridgehead atoms. The summed E-state index contributed by atoms with van der Waals surface area (Å²) in [5.74, 6) is -4.40. The van der Waals surface area contributed by atoms with Crippen molar-refractivity contribution in [3.8, 4) is 0 Å². The third kappa shape index (κ3) is 4.92. The molecule has 1 aromatic carbocycles. The highest BCUT2D eigenvalue weighted by Gasteiger charge is 2.84. The predicted molar refractivity (Wildman–Crippen MR) is 166 cm³/mol. The van der Waals surface area contributed by atoms with Crippen LogP contribution in [0.15, 0.2) is 66.3 Å². The van der Waals surface area contributed by atoms with Gasteiger partial charge in [0.2, 0.25) is 5.91 Å². The molecule has 3 heterocycles. The standard InChI is InChI=1S/C36H41NO10/c1-19-29(34(5)14-13-27(40)47-33(3,4)24(34)17-28(41)43-7)30(44-20(2)38)31(45-32(42)21-11-9-8-10-12-21)35(6)23(16-25-36(19,35)46-25)22-15-26(39)37-18-22/h8-15,23-25,29-31H,1,16-18H2,2-7H3,(H,37,39)/t23-,24-,25+,29?,30+,31-,34-,35+,36+/m0/s1. The minimum Gasteiger partial charge on any atom is -0.469 e. The first-order chi connectivity index (χ1) is 22.1. The Labute approximate surface area is 273 Å². The number of cyclic esters (lactones) is 1. The maximum absolute atomic E-state index is 13.9. The van der Waals surface area contributed by atoms with Crippen LogP contribution in [0.3, 0.4) is 0 Å². The Morgan fingerprint density at radius 2 is 1.77 bits per heavy atom. The number of amides is 1. The highest BCUT2D eigenvalue weighted by Crippen LogP contribution is 2.75.